The van der Waals surface area contributed by atoms with Gasteiger partial charge in [-0.25, -0.2) is 4.39 Å². The lowest BCUT2D eigenvalue weighted by Crippen LogP contribution is -2.35. The van der Waals surface area contributed by atoms with Gasteiger partial charge in [0.2, 0.25) is 5.91 Å². The van der Waals surface area contributed by atoms with Gasteiger partial charge in [0.15, 0.2) is 0 Å². The van der Waals surface area contributed by atoms with Crippen LogP contribution in [0.4, 0.5) is 10.1 Å². The molecule has 1 fully saturated rings. The van der Waals surface area contributed by atoms with Crippen molar-refractivity contribution in [2.24, 2.45) is 0 Å². The van der Waals surface area contributed by atoms with Gasteiger partial charge in [0, 0.05) is 32.6 Å². The van der Waals surface area contributed by atoms with Gasteiger partial charge in [0.1, 0.15) is 5.82 Å². The van der Waals surface area contributed by atoms with Gasteiger partial charge in [0.05, 0.1) is 5.69 Å². The molecular weight excluding hydrogens is 245 g/mol. The molecule has 2 rings (SSSR count). The summed E-state index contributed by atoms with van der Waals surface area (Å²) >= 11 is 0. The fraction of sp³-hybridized carbons (Fsp3) is 0.500. The number of rotatable bonds is 4. The van der Waals surface area contributed by atoms with Crippen LogP contribution < -0.4 is 15.5 Å². The Morgan fingerprint density at radius 1 is 1.53 bits per heavy atom. The maximum absolute atomic E-state index is 14.1. The van der Waals surface area contributed by atoms with E-state index in [1.807, 2.05) is 24.1 Å². The minimum Gasteiger partial charge on any atom is -0.367 e. The van der Waals surface area contributed by atoms with Crippen molar-refractivity contribution in [3.8, 4) is 0 Å². The molecular formula is C14H20FN3O. The van der Waals surface area contributed by atoms with E-state index in [0.717, 1.165) is 18.5 Å². The van der Waals surface area contributed by atoms with Crippen molar-refractivity contribution >= 4 is 11.6 Å². The lowest BCUT2D eigenvalue weighted by molar-refractivity contribution is -0.119. The average molecular weight is 265 g/mol. The van der Waals surface area contributed by atoms with Gasteiger partial charge in [-0.05, 0) is 31.2 Å². The van der Waals surface area contributed by atoms with Gasteiger partial charge >= 0.3 is 0 Å². The monoisotopic (exact) mass is 265 g/mol. The van der Waals surface area contributed by atoms with Gasteiger partial charge < -0.3 is 15.5 Å². The van der Waals surface area contributed by atoms with Crippen molar-refractivity contribution in [1.82, 2.24) is 10.6 Å². The molecule has 4 nitrogen and oxygen atoms in total. The van der Waals surface area contributed by atoms with Crippen LogP contribution in [-0.4, -0.2) is 32.1 Å². The SMILES string of the molecule is CNCc1ccc(N2CCC(NC(C)=O)C2)c(F)c1. The van der Waals surface area contributed by atoms with Crippen LogP contribution in [0.3, 0.4) is 0 Å². The third-order valence-electron chi connectivity index (χ3n) is 3.33. The van der Waals surface area contributed by atoms with Gasteiger partial charge in [-0.1, -0.05) is 6.07 Å². The summed E-state index contributed by atoms with van der Waals surface area (Å²) in [6, 6.07) is 5.44. The number of nitrogens with one attached hydrogen (secondary N) is 2. The first-order valence-corrected chi connectivity index (χ1v) is 6.55. The van der Waals surface area contributed by atoms with E-state index < -0.39 is 0 Å². The number of benzene rings is 1. The van der Waals surface area contributed by atoms with E-state index in [-0.39, 0.29) is 17.8 Å². The third-order valence-corrected chi connectivity index (χ3v) is 3.33. The normalized spacial score (nSPS) is 18.7. The van der Waals surface area contributed by atoms with Crippen molar-refractivity contribution in [3.63, 3.8) is 0 Å². The van der Waals surface area contributed by atoms with Crippen LogP contribution in [0.1, 0.15) is 18.9 Å². The van der Waals surface area contributed by atoms with Crippen LogP contribution >= 0.6 is 0 Å². The molecule has 19 heavy (non-hydrogen) atoms. The Morgan fingerprint density at radius 2 is 2.32 bits per heavy atom. The van der Waals surface area contributed by atoms with Crippen LogP contribution in [-0.2, 0) is 11.3 Å². The Balaban J connectivity index is 2.05. The first-order chi connectivity index (χ1) is 9.10. The Labute approximate surface area is 113 Å². The predicted octanol–water partition coefficient (Wildman–Crippen LogP) is 1.26. The van der Waals surface area contributed by atoms with Crippen molar-refractivity contribution in [2.75, 3.05) is 25.0 Å². The lowest BCUT2D eigenvalue weighted by Gasteiger charge is -2.20. The van der Waals surface area contributed by atoms with E-state index in [0.29, 0.717) is 18.8 Å². The number of nitrogens with zero attached hydrogens (tertiary/aromatic N) is 1. The van der Waals surface area contributed by atoms with E-state index in [4.69, 9.17) is 0 Å². The summed E-state index contributed by atoms with van der Waals surface area (Å²) in [5.41, 5.74) is 1.55. The average Bonchev–Trinajstić information content (AvgIpc) is 2.77. The minimum absolute atomic E-state index is 0.0308. The number of hydrogen-bond acceptors (Lipinski definition) is 3. The van der Waals surface area contributed by atoms with Gasteiger partial charge in [-0.15, -0.1) is 0 Å². The molecule has 1 aromatic carbocycles. The van der Waals surface area contributed by atoms with Gasteiger partial charge in [-0.2, -0.15) is 0 Å². The second-order valence-electron chi connectivity index (χ2n) is 4.95. The van der Waals surface area contributed by atoms with Gasteiger partial charge in [0.25, 0.3) is 0 Å². The van der Waals surface area contributed by atoms with E-state index in [1.54, 1.807) is 6.07 Å². The zero-order valence-electron chi connectivity index (χ0n) is 11.4. The summed E-state index contributed by atoms with van der Waals surface area (Å²) in [5.74, 6) is -0.229. The molecule has 2 N–H and O–H groups in total. The summed E-state index contributed by atoms with van der Waals surface area (Å²) < 4.78 is 14.1. The zero-order chi connectivity index (χ0) is 13.8. The number of anilines is 1. The van der Waals surface area contributed by atoms with Crippen LogP contribution in [0, 0.1) is 5.82 Å². The maximum atomic E-state index is 14.1. The quantitative estimate of drug-likeness (QED) is 0.861. The number of carbonyl (C=O) groups excluding carboxylic acids is 1. The molecule has 104 valence electrons. The smallest absolute Gasteiger partial charge is 0.217 e. The highest BCUT2D eigenvalue weighted by atomic mass is 19.1. The van der Waals surface area contributed by atoms with E-state index in [1.165, 1.54) is 6.92 Å². The molecule has 1 atom stereocenters. The zero-order valence-corrected chi connectivity index (χ0v) is 11.4. The summed E-state index contributed by atoms with van der Waals surface area (Å²) in [6.07, 6.45) is 0.858. The molecule has 0 bridgehead atoms. The van der Waals surface area contributed by atoms with Crippen molar-refractivity contribution in [2.45, 2.75) is 25.9 Å². The molecule has 5 heteroatoms. The first-order valence-electron chi connectivity index (χ1n) is 6.55. The number of carbonyl (C=O) groups is 1. The van der Waals surface area contributed by atoms with E-state index >= 15 is 0 Å². The largest absolute Gasteiger partial charge is 0.367 e. The van der Waals surface area contributed by atoms with E-state index in [2.05, 4.69) is 10.6 Å². The van der Waals surface area contributed by atoms with Crippen LogP contribution in [0.5, 0.6) is 0 Å². The highest BCUT2D eigenvalue weighted by Gasteiger charge is 2.24. The van der Waals surface area contributed by atoms with Crippen molar-refractivity contribution < 1.29 is 9.18 Å². The molecule has 1 saturated heterocycles. The predicted molar refractivity (Wildman–Crippen MR) is 73.6 cm³/mol. The fourth-order valence-electron chi connectivity index (χ4n) is 2.51. The molecule has 0 radical (unpaired) electrons. The topological polar surface area (TPSA) is 44.4 Å². The Kier molecular flexibility index (Phi) is 4.37. The number of halogens is 1. The van der Waals surface area contributed by atoms with Crippen molar-refractivity contribution in [3.05, 3.63) is 29.6 Å². The minimum atomic E-state index is -0.198. The number of hydrogen-bond donors (Lipinski definition) is 2. The standard InChI is InChI=1S/C14H20FN3O/c1-10(19)17-12-5-6-18(9-12)14-4-3-11(8-16-2)7-13(14)15/h3-4,7,12,16H,5-6,8-9H2,1-2H3,(H,17,19). The molecule has 1 aliphatic heterocycles. The lowest BCUT2D eigenvalue weighted by atomic mass is 10.2. The third kappa shape index (κ3) is 3.44. The maximum Gasteiger partial charge on any atom is 0.217 e. The highest BCUT2D eigenvalue weighted by Crippen LogP contribution is 2.24. The molecule has 1 aliphatic rings. The Bertz CT molecular complexity index is 464. The Morgan fingerprint density at radius 3 is 2.95 bits per heavy atom. The molecule has 0 spiro atoms. The molecule has 1 amide bonds. The molecule has 0 aliphatic carbocycles. The van der Waals surface area contributed by atoms with E-state index in [9.17, 15) is 9.18 Å². The van der Waals surface area contributed by atoms with Crippen LogP contribution in [0.15, 0.2) is 18.2 Å². The molecule has 0 aromatic heterocycles. The Hall–Kier alpha value is -1.62. The van der Waals surface area contributed by atoms with Crippen LogP contribution in [0.2, 0.25) is 0 Å². The summed E-state index contributed by atoms with van der Waals surface area (Å²) in [6.45, 7) is 3.61. The second kappa shape index (κ2) is 6.02. The van der Waals surface area contributed by atoms with Crippen molar-refractivity contribution in [1.29, 1.82) is 0 Å². The molecule has 1 aromatic rings. The number of amides is 1. The molecule has 0 saturated carbocycles. The summed E-state index contributed by atoms with van der Waals surface area (Å²) in [7, 11) is 1.84. The second-order valence-corrected chi connectivity index (χ2v) is 4.95. The highest BCUT2D eigenvalue weighted by molar-refractivity contribution is 5.73. The summed E-state index contributed by atoms with van der Waals surface area (Å²) in [4.78, 5) is 13.0. The molecule has 1 unspecified atom stereocenters. The molecule has 1 heterocycles. The van der Waals surface area contributed by atoms with Crippen LogP contribution in [0.25, 0.3) is 0 Å². The van der Waals surface area contributed by atoms with Gasteiger partial charge in [-0.3, -0.25) is 4.79 Å². The fourth-order valence-corrected chi connectivity index (χ4v) is 2.51. The summed E-state index contributed by atoms with van der Waals surface area (Å²) in [5, 5.41) is 5.88. The first kappa shape index (κ1) is 13.8.